The summed E-state index contributed by atoms with van der Waals surface area (Å²) in [5.74, 6) is 0.469. The fraction of sp³-hybridized carbons (Fsp3) is 0.538. The highest BCUT2D eigenvalue weighted by atomic mass is 79.9. The highest BCUT2D eigenvalue weighted by Crippen LogP contribution is 2.38. The van der Waals surface area contributed by atoms with Crippen molar-refractivity contribution in [2.45, 2.75) is 12.7 Å². The molecular formula is C13H16BrF3N2O. The van der Waals surface area contributed by atoms with Crippen LogP contribution < -0.4 is 10.1 Å². The molecule has 1 N–H and O–H groups in total. The largest absolute Gasteiger partial charge is 0.495 e. The zero-order chi connectivity index (χ0) is 14.8. The van der Waals surface area contributed by atoms with Gasteiger partial charge in [0.2, 0.25) is 0 Å². The van der Waals surface area contributed by atoms with Crippen LogP contribution in [0.2, 0.25) is 0 Å². The quantitative estimate of drug-likeness (QED) is 0.905. The zero-order valence-corrected chi connectivity index (χ0v) is 12.6. The molecule has 0 bridgehead atoms. The Kier molecular flexibility index (Phi) is 4.93. The van der Waals surface area contributed by atoms with Crippen LogP contribution in [-0.4, -0.2) is 38.2 Å². The molecule has 1 fully saturated rings. The third-order valence-corrected chi connectivity index (χ3v) is 3.84. The van der Waals surface area contributed by atoms with Gasteiger partial charge in [-0.15, -0.1) is 0 Å². The second-order valence-corrected chi connectivity index (χ2v) is 5.53. The van der Waals surface area contributed by atoms with Gasteiger partial charge in [0.25, 0.3) is 0 Å². The van der Waals surface area contributed by atoms with Crippen LogP contribution in [0.4, 0.5) is 13.2 Å². The van der Waals surface area contributed by atoms with Gasteiger partial charge in [-0.05, 0) is 28.1 Å². The molecule has 2 rings (SSSR count). The predicted molar refractivity (Wildman–Crippen MR) is 73.8 cm³/mol. The number of halogens is 4. The molecule has 112 valence electrons. The lowest BCUT2D eigenvalue weighted by Crippen LogP contribution is -2.42. The average Bonchev–Trinajstić information content (AvgIpc) is 2.38. The van der Waals surface area contributed by atoms with E-state index in [0.717, 1.165) is 32.2 Å². The first-order valence-corrected chi connectivity index (χ1v) is 7.08. The van der Waals surface area contributed by atoms with Crippen molar-refractivity contribution in [2.24, 2.45) is 0 Å². The number of benzene rings is 1. The summed E-state index contributed by atoms with van der Waals surface area (Å²) in [4.78, 5) is 2.11. The summed E-state index contributed by atoms with van der Waals surface area (Å²) in [7, 11) is 1.47. The Balaban J connectivity index is 2.30. The van der Waals surface area contributed by atoms with Crippen LogP contribution in [0.1, 0.15) is 11.1 Å². The Morgan fingerprint density at radius 1 is 1.30 bits per heavy atom. The molecule has 0 amide bonds. The fourth-order valence-corrected chi connectivity index (χ4v) is 2.93. The van der Waals surface area contributed by atoms with Crippen LogP contribution in [0.3, 0.4) is 0 Å². The average molecular weight is 353 g/mol. The lowest BCUT2D eigenvalue weighted by atomic mass is 10.1. The van der Waals surface area contributed by atoms with E-state index in [4.69, 9.17) is 4.74 Å². The maximum Gasteiger partial charge on any atom is 0.416 e. The van der Waals surface area contributed by atoms with Crippen LogP contribution in [0.25, 0.3) is 0 Å². The minimum Gasteiger partial charge on any atom is -0.495 e. The van der Waals surface area contributed by atoms with Gasteiger partial charge in [0.15, 0.2) is 0 Å². The number of nitrogens with one attached hydrogen (secondary N) is 1. The van der Waals surface area contributed by atoms with Gasteiger partial charge in [-0.2, -0.15) is 13.2 Å². The van der Waals surface area contributed by atoms with E-state index in [1.54, 1.807) is 0 Å². The lowest BCUT2D eigenvalue weighted by Gasteiger charge is -2.28. The van der Waals surface area contributed by atoms with Crippen LogP contribution in [0, 0.1) is 0 Å². The highest BCUT2D eigenvalue weighted by molar-refractivity contribution is 9.10. The Hall–Kier alpha value is -0.790. The van der Waals surface area contributed by atoms with Crippen molar-refractivity contribution < 1.29 is 17.9 Å². The lowest BCUT2D eigenvalue weighted by molar-refractivity contribution is -0.137. The minimum absolute atomic E-state index is 0.333. The van der Waals surface area contributed by atoms with E-state index < -0.39 is 11.7 Å². The molecule has 0 aromatic heterocycles. The minimum atomic E-state index is -4.35. The zero-order valence-electron chi connectivity index (χ0n) is 11.1. The molecule has 20 heavy (non-hydrogen) atoms. The van der Waals surface area contributed by atoms with Crippen molar-refractivity contribution >= 4 is 15.9 Å². The van der Waals surface area contributed by atoms with E-state index in [1.165, 1.54) is 13.2 Å². The maximum absolute atomic E-state index is 12.9. The van der Waals surface area contributed by atoms with Gasteiger partial charge >= 0.3 is 6.18 Å². The molecule has 3 nitrogen and oxygen atoms in total. The van der Waals surface area contributed by atoms with Crippen molar-refractivity contribution in [3.63, 3.8) is 0 Å². The van der Waals surface area contributed by atoms with Gasteiger partial charge in [0, 0.05) is 38.3 Å². The van der Waals surface area contributed by atoms with Crippen molar-refractivity contribution in [2.75, 3.05) is 33.3 Å². The smallest absolute Gasteiger partial charge is 0.416 e. The Labute approximate surface area is 124 Å². The molecular weight excluding hydrogens is 337 g/mol. The second-order valence-electron chi connectivity index (χ2n) is 4.67. The SMILES string of the molecule is COc1c(Br)cc(C(F)(F)F)cc1CN1CCNCC1. The summed E-state index contributed by atoms with van der Waals surface area (Å²) in [5, 5.41) is 3.21. The number of ether oxygens (including phenoxy) is 1. The van der Waals surface area contributed by atoms with E-state index in [2.05, 4.69) is 26.1 Å². The second kappa shape index (κ2) is 6.32. The monoisotopic (exact) mass is 352 g/mol. The molecule has 0 spiro atoms. The summed E-state index contributed by atoms with van der Waals surface area (Å²) < 4.78 is 44.2. The first-order chi connectivity index (χ1) is 9.41. The van der Waals surface area contributed by atoms with E-state index in [1.807, 2.05) is 0 Å². The Morgan fingerprint density at radius 3 is 2.50 bits per heavy atom. The molecule has 1 aromatic carbocycles. The molecule has 1 aliphatic heterocycles. The maximum atomic E-state index is 12.9. The number of alkyl halides is 3. The Morgan fingerprint density at radius 2 is 1.95 bits per heavy atom. The van der Waals surface area contributed by atoms with Gasteiger partial charge in [0.05, 0.1) is 17.1 Å². The molecule has 0 unspecified atom stereocenters. The topological polar surface area (TPSA) is 24.5 Å². The summed E-state index contributed by atoms with van der Waals surface area (Å²) in [6.45, 7) is 3.78. The standard InChI is InChI=1S/C13H16BrF3N2O/c1-20-12-9(8-19-4-2-18-3-5-19)6-10(7-11(12)14)13(15,16)17/h6-7,18H,2-5,8H2,1H3. The van der Waals surface area contributed by atoms with Gasteiger partial charge in [0.1, 0.15) is 5.75 Å². The first kappa shape index (κ1) is 15.6. The number of rotatable bonds is 3. The van der Waals surface area contributed by atoms with Crippen LogP contribution in [-0.2, 0) is 12.7 Å². The van der Waals surface area contributed by atoms with Gasteiger partial charge in [-0.3, -0.25) is 4.90 Å². The fourth-order valence-electron chi connectivity index (χ4n) is 2.27. The number of nitrogens with zero attached hydrogens (tertiary/aromatic N) is 1. The molecule has 0 radical (unpaired) electrons. The normalized spacial score (nSPS) is 17.2. The summed E-state index contributed by atoms with van der Waals surface area (Å²) in [6, 6.07) is 2.23. The summed E-state index contributed by atoms with van der Waals surface area (Å²) in [6.07, 6.45) is -4.35. The molecule has 0 aliphatic carbocycles. The third kappa shape index (κ3) is 3.65. The molecule has 1 aromatic rings. The van der Waals surface area contributed by atoms with Gasteiger partial charge < -0.3 is 10.1 Å². The van der Waals surface area contributed by atoms with E-state index in [9.17, 15) is 13.2 Å². The molecule has 1 aliphatic rings. The first-order valence-electron chi connectivity index (χ1n) is 6.28. The molecule has 0 atom stereocenters. The number of hydrogen-bond acceptors (Lipinski definition) is 3. The predicted octanol–water partition coefficient (Wildman–Crippen LogP) is 2.88. The van der Waals surface area contributed by atoms with Crippen LogP contribution in [0.5, 0.6) is 5.75 Å². The van der Waals surface area contributed by atoms with Crippen LogP contribution >= 0.6 is 15.9 Å². The van der Waals surface area contributed by atoms with E-state index >= 15 is 0 Å². The molecule has 0 saturated carbocycles. The summed E-state index contributed by atoms with van der Waals surface area (Å²) in [5.41, 5.74) is -0.105. The molecule has 1 saturated heterocycles. The third-order valence-electron chi connectivity index (χ3n) is 3.26. The van der Waals surface area contributed by atoms with Gasteiger partial charge in [-0.1, -0.05) is 0 Å². The number of piperazine rings is 1. The van der Waals surface area contributed by atoms with E-state index in [0.29, 0.717) is 22.3 Å². The summed E-state index contributed by atoms with van der Waals surface area (Å²) >= 11 is 3.16. The Bertz CT molecular complexity index is 473. The molecule has 7 heteroatoms. The van der Waals surface area contributed by atoms with Crippen molar-refractivity contribution in [3.05, 3.63) is 27.7 Å². The van der Waals surface area contributed by atoms with Crippen molar-refractivity contribution in [1.82, 2.24) is 10.2 Å². The van der Waals surface area contributed by atoms with Gasteiger partial charge in [-0.25, -0.2) is 0 Å². The van der Waals surface area contributed by atoms with Crippen LogP contribution in [0.15, 0.2) is 16.6 Å². The molecule has 1 heterocycles. The van der Waals surface area contributed by atoms with Crippen molar-refractivity contribution in [3.8, 4) is 5.75 Å². The number of methoxy groups -OCH3 is 1. The van der Waals surface area contributed by atoms with E-state index in [-0.39, 0.29) is 0 Å². The highest BCUT2D eigenvalue weighted by Gasteiger charge is 2.32. The van der Waals surface area contributed by atoms with Crippen molar-refractivity contribution in [1.29, 1.82) is 0 Å². The number of hydrogen-bond donors (Lipinski definition) is 1.